The summed E-state index contributed by atoms with van der Waals surface area (Å²) in [6.07, 6.45) is 1.57. The Bertz CT molecular complexity index is 298. The van der Waals surface area contributed by atoms with Crippen molar-refractivity contribution in [3.05, 3.63) is 29.8 Å². The van der Waals surface area contributed by atoms with Crippen molar-refractivity contribution in [3.63, 3.8) is 0 Å². The molecule has 12 heavy (non-hydrogen) atoms. The maximum atomic E-state index is 10.4. The van der Waals surface area contributed by atoms with Crippen molar-refractivity contribution in [2.75, 3.05) is 0 Å². The number of carbonyl (C=O) groups excluding carboxylic acids is 1. The van der Waals surface area contributed by atoms with E-state index in [0.29, 0.717) is 6.42 Å². The summed E-state index contributed by atoms with van der Waals surface area (Å²) in [7, 11) is 0. The molecule has 0 aliphatic carbocycles. The van der Waals surface area contributed by atoms with Gasteiger partial charge in [0.05, 0.1) is 0 Å². The van der Waals surface area contributed by atoms with Crippen LogP contribution in [0.4, 0.5) is 0 Å². The number of aldehydes is 1. The van der Waals surface area contributed by atoms with Gasteiger partial charge in [-0.3, -0.25) is 0 Å². The van der Waals surface area contributed by atoms with Gasteiger partial charge in [0.25, 0.3) is 0 Å². The van der Waals surface area contributed by atoms with Crippen LogP contribution < -0.4 is 10.3 Å². The molecule has 0 saturated carbocycles. The third kappa shape index (κ3) is 1.19. The Kier molecular flexibility index (Phi) is 1.80. The van der Waals surface area contributed by atoms with Gasteiger partial charge in [0.15, 0.2) is 0 Å². The number of hydrogen-bond donors (Lipinski definition) is 1. The summed E-state index contributed by atoms with van der Waals surface area (Å²) in [5, 5.41) is 0. The lowest BCUT2D eigenvalue weighted by molar-refractivity contribution is -0.111. The van der Waals surface area contributed by atoms with Gasteiger partial charge in [-0.1, -0.05) is 18.2 Å². The number of rotatable bonds is 1. The summed E-state index contributed by atoms with van der Waals surface area (Å²) in [5.41, 5.74) is 3.73. The van der Waals surface area contributed by atoms with Crippen LogP contribution in [0.5, 0.6) is 5.75 Å². The zero-order valence-electron chi connectivity index (χ0n) is 6.49. The smallest absolute Gasteiger partial charge is 0.150 e. The van der Waals surface area contributed by atoms with Gasteiger partial charge in [-0.15, -0.1) is 5.48 Å². The zero-order valence-corrected chi connectivity index (χ0v) is 6.49. The summed E-state index contributed by atoms with van der Waals surface area (Å²) in [5.74, 6) is 0.815. The predicted molar refractivity (Wildman–Crippen MR) is 43.8 cm³/mol. The maximum Gasteiger partial charge on any atom is 0.150 e. The highest BCUT2D eigenvalue weighted by Gasteiger charge is 2.17. The number of benzene rings is 1. The van der Waals surface area contributed by atoms with Gasteiger partial charge in [-0.05, 0) is 11.6 Å². The molecule has 2 rings (SSSR count). The normalized spacial score (nSPS) is 20.8. The van der Waals surface area contributed by atoms with Crippen molar-refractivity contribution in [1.29, 1.82) is 0 Å². The van der Waals surface area contributed by atoms with E-state index in [1.807, 2.05) is 24.3 Å². The summed E-state index contributed by atoms with van der Waals surface area (Å²) in [6, 6.07) is 7.48. The monoisotopic (exact) mass is 163 g/mol. The van der Waals surface area contributed by atoms with Crippen LogP contribution in [0.25, 0.3) is 0 Å². The lowest BCUT2D eigenvalue weighted by Crippen LogP contribution is -2.38. The standard InChI is InChI=1S/C9H9NO2/c11-6-8-5-7-3-1-2-4-9(7)12-10-8/h1-4,6,8,10H,5H2. The van der Waals surface area contributed by atoms with Gasteiger partial charge in [0.1, 0.15) is 18.1 Å². The summed E-state index contributed by atoms with van der Waals surface area (Å²) >= 11 is 0. The molecule has 0 aromatic heterocycles. The van der Waals surface area contributed by atoms with Gasteiger partial charge in [0.2, 0.25) is 0 Å². The van der Waals surface area contributed by atoms with E-state index in [1.165, 1.54) is 0 Å². The molecular weight excluding hydrogens is 154 g/mol. The Balaban J connectivity index is 2.28. The first-order chi connectivity index (χ1) is 5.90. The van der Waals surface area contributed by atoms with Crippen LogP contribution in [0.3, 0.4) is 0 Å². The van der Waals surface area contributed by atoms with Crippen molar-refractivity contribution in [2.24, 2.45) is 0 Å². The minimum absolute atomic E-state index is 0.208. The first-order valence-corrected chi connectivity index (χ1v) is 3.86. The van der Waals surface area contributed by atoms with E-state index >= 15 is 0 Å². The fourth-order valence-corrected chi connectivity index (χ4v) is 1.27. The van der Waals surface area contributed by atoms with Crippen LogP contribution in [0.1, 0.15) is 5.56 Å². The van der Waals surface area contributed by atoms with Gasteiger partial charge in [-0.2, -0.15) is 0 Å². The van der Waals surface area contributed by atoms with Crippen molar-refractivity contribution in [1.82, 2.24) is 5.48 Å². The van der Waals surface area contributed by atoms with Crippen LogP contribution >= 0.6 is 0 Å². The molecule has 1 aromatic rings. The van der Waals surface area contributed by atoms with Gasteiger partial charge in [-0.25, -0.2) is 0 Å². The Labute approximate surface area is 70.3 Å². The van der Waals surface area contributed by atoms with E-state index in [1.54, 1.807) is 0 Å². The molecule has 1 aliphatic rings. The second kappa shape index (κ2) is 2.95. The number of fused-ring (bicyclic) bond motifs is 1. The van der Waals surface area contributed by atoms with Crippen molar-refractivity contribution in [2.45, 2.75) is 12.5 Å². The van der Waals surface area contributed by atoms with Crippen LogP contribution in [-0.4, -0.2) is 12.3 Å². The highest BCUT2D eigenvalue weighted by Crippen LogP contribution is 2.21. The summed E-state index contributed by atoms with van der Waals surface area (Å²) in [6.45, 7) is 0. The van der Waals surface area contributed by atoms with Gasteiger partial charge >= 0.3 is 0 Å². The average molecular weight is 163 g/mol. The SMILES string of the molecule is O=CC1Cc2ccccc2ON1. The highest BCUT2D eigenvalue weighted by atomic mass is 16.6. The minimum Gasteiger partial charge on any atom is -0.408 e. The van der Waals surface area contributed by atoms with E-state index in [9.17, 15) is 4.79 Å². The lowest BCUT2D eigenvalue weighted by atomic mass is 10.1. The predicted octanol–water partition coefficient (Wildman–Crippen LogP) is 0.694. The fourth-order valence-electron chi connectivity index (χ4n) is 1.27. The number of hydroxylamine groups is 1. The van der Waals surface area contributed by atoms with Crippen LogP contribution in [0.2, 0.25) is 0 Å². The second-order valence-corrected chi connectivity index (χ2v) is 2.77. The fraction of sp³-hybridized carbons (Fsp3) is 0.222. The van der Waals surface area contributed by atoms with Crippen molar-refractivity contribution < 1.29 is 9.63 Å². The van der Waals surface area contributed by atoms with Crippen LogP contribution in [-0.2, 0) is 11.2 Å². The topological polar surface area (TPSA) is 38.3 Å². The average Bonchev–Trinajstić information content (AvgIpc) is 2.17. The minimum atomic E-state index is -0.208. The number of hydrogen-bond acceptors (Lipinski definition) is 3. The van der Waals surface area contributed by atoms with Crippen LogP contribution in [0.15, 0.2) is 24.3 Å². The molecule has 0 radical (unpaired) electrons. The molecule has 1 aliphatic heterocycles. The zero-order chi connectivity index (χ0) is 8.39. The van der Waals surface area contributed by atoms with E-state index in [0.717, 1.165) is 17.6 Å². The third-order valence-corrected chi connectivity index (χ3v) is 1.90. The van der Waals surface area contributed by atoms with Crippen molar-refractivity contribution in [3.8, 4) is 5.75 Å². The van der Waals surface area contributed by atoms with E-state index in [-0.39, 0.29) is 6.04 Å². The lowest BCUT2D eigenvalue weighted by Gasteiger charge is -2.21. The Morgan fingerprint density at radius 1 is 1.50 bits per heavy atom. The molecule has 62 valence electrons. The van der Waals surface area contributed by atoms with Crippen LogP contribution in [0, 0.1) is 0 Å². The van der Waals surface area contributed by atoms with E-state index in [4.69, 9.17) is 4.84 Å². The van der Waals surface area contributed by atoms with Gasteiger partial charge < -0.3 is 9.63 Å². The molecule has 1 unspecified atom stereocenters. The molecule has 0 fully saturated rings. The van der Waals surface area contributed by atoms with Gasteiger partial charge in [0, 0.05) is 6.42 Å². The Morgan fingerprint density at radius 2 is 2.33 bits per heavy atom. The molecule has 3 heteroatoms. The molecular formula is C9H9NO2. The molecule has 1 atom stereocenters. The first kappa shape index (κ1) is 7.31. The molecule has 0 amide bonds. The molecule has 3 nitrogen and oxygen atoms in total. The maximum absolute atomic E-state index is 10.4. The largest absolute Gasteiger partial charge is 0.408 e. The Morgan fingerprint density at radius 3 is 3.17 bits per heavy atom. The second-order valence-electron chi connectivity index (χ2n) is 2.77. The summed E-state index contributed by atoms with van der Waals surface area (Å²) in [4.78, 5) is 15.6. The third-order valence-electron chi connectivity index (χ3n) is 1.90. The molecule has 0 bridgehead atoms. The molecule has 1 N–H and O–H groups in total. The number of para-hydroxylation sites is 1. The number of nitrogens with one attached hydrogen (secondary N) is 1. The Hall–Kier alpha value is -1.35. The van der Waals surface area contributed by atoms with E-state index in [2.05, 4.69) is 5.48 Å². The molecule has 1 aromatic carbocycles. The molecule has 0 spiro atoms. The summed E-state index contributed by atoms with van der Waals surface area (Å²) < 4.78 is 0. The van der Waals surface area contributed by atoms with Crippen molar-refractivity contribution >= 4 is 6.29 Å². The first-order valence-electron chi connectivity index (χ1n) is 3.86. The molecule has 0 saturated heterocycles. The quantitative estimate of drug-likeness (QED) is 0.619. The number of carbonyl (C=O) groups is 1. The van der Waals surface area contributed by atoms with E-state index < -0.39 is 0 Å². The highest BCUT2D eigenvalue weighted by molar-refractivity contribution is 5.59. The molecule has 1 heterocycles.